The standard InChI is InChI=1S/C11H12BrN3O2S/c1-15(8-9-2-4-10(12)5-3-9)18(16,17)11-6-7-13-14-11/h2-7H,8H2,1H3,(H,13,14). The number of halogens is 1. The number of nitrogens with zero attached hydrogens (tertiary/aromatic N) is 2. The van der Waals surface area contributed by atoms with Crippen LogP contribution in [0.5, 0.6) is 0 Å². The zero-order chi connectivity index (χ0) is 13.2. The maximum absolute atomic E-state index is 12.1. The second-order valence-electron chi connectivity index (χ2n) is 3.81. The minimum atomic E-state index is -3.50. The number of hydrogen-bond acceptors (Lipinski definition) is 3. The molecule has 7 heteroatoms. The van der Waals surface area contributed by atoms with Crippen LogP contribution in [0, 0.1) is 0 Å². The first-order chi connectivity index (χ1) is 8.50. The molecule has 5 nitrogen and oxygen atoms in total. The normalized spacial score (nSPS) is 11.9. The fourth-order valence-corrected chi connectivity index (χ4v) is 2.81. The largest absolute Gasteiger partial charge is 0.266 e. The first-order valence-electron chi connectivity index (χ1n) is 5.20. The van der Waals surface area contributed by atoms with Crippen molar-refractivity contribution in [2.24, 2.45) is 0 Å². The summed E-state index contributed by atoms with van der Waals surface area (Å²) < 4.78 is 26.5. The van der Waals surface area contributed by atoms with Crippen LogP contribution in [0.3, 0.4) is 0 Å². The molecule has 1 N–H and O–H groups in total. The summed E-state index contributed by atoms with van der Waals surface area (Å²) in [5.41, 5.74) is 0.920. The minimum absolute atomic E-state index is 0.0992. The highest BCUT2D eigenvalue weighted by atomic mass is 79.9. The smallest absolute Gasteiger partial charge is 0.260 e. The van der Waals surface area contributed by atoms with Gasteiger partial charge in [-0.2, -0.15) is 9.40 Å². The van der Waals surface area contributed by atoms with Gasteiger partial charge in [0.15, 0.2) is 5.03 Å². The molecule has 0 unspecified atom stereocenters. The molecule has 0 atom stereocenters. The Morgan fingerprint density at radius 3 is 2.50 bits per heavy atom. The van der Waals surface area contributed by atoms with Crippen LogP contribution >= 0.6 is 15.9 Å². The summed E-state index contributed by atoms with van der Waals surface area (Å²) in [4.78, 5) is 0. The van der Waals surface area contributed by atoms with E-state index in [9.17, 15) is 8.42 Å². The molecule has 0 amide bonds. The molecule has 0 radical (unpaired) electrons. The summed E-state index contributed by atoms with van der Waals surface area (Å²) in [5.74, 6) is 0. The lowest BCUT2D eigenvalue weighted by Gasteiger charge is -2.15. The molecule has 1 aromatic carbocycles. The van der Waals surface area contributed by atoms with Crippen LogP contribution in [0.25, 0.3) is 0 Å². The Morgan fingerprint density at radius 1 is 1.28 bits per heavy atom. The molecule has 0 spiro atoms. The molecule has 0 aliphatic carbocycles. The number of rotatable bonds is 4. The molecule has 0 bridgehead atoms. The Hall–Kier alpha value is -1.18. The SMILES string of the molecule is CN(Cc1ccc(Br)cc1)S(=O)(=O)c1ccn[nH]1. The average molecular weight is 330 g/mol. The Bertz CT molecular complexity index is 608. The third-order valence-corrected chi connectivity index (χ3v) is 4.74. The molecule has 1 aromatic heterocycles. The predicted molar refractivity (Wildman–Crippen MR) is 71.4 cm³/mol. The molecule has 0 saturated heterocycles. The summed E-state index contributed by atoms with van der Waals surface area (Å²) in [7, 11) is -1.96. The number of sulfonamides is 1. The first kappa shape index (κ1) is 13.3. The van der Waals surface area contributed by atoms with Crippen LogP contribution in [0.2, 0.25) is 0 Å². The molecule has 18 heavy (non-hydrogen) atoms. The molecule has 0 aliphatic heterocycles. The van der Waals surface area contributed by atoms with Crippen molar-refractivity contribution in [1.29, 1.82) is 0 Å². The van der Waals surface area contributed by atoms with E-state index in [0.29, 0.717) is 6.54 Å². The van der Waals surface area contributed by atoms with E-state index in [1.165, 1.54) is 23.6 Å². The molecular weight excluding hydrogens is 318 g/mol. The fraction of sp³-hybridized carbons (Fsp3) is 0.182. The molecule has 0 saturated carbocycles. The van der Waals surface area contributed by atoms with E-state index in [-0.39, 0.29) is 5.03 Å². The topological polar surface area (TPSA) is 66.1 Å². The minimum Gasteiger partial charge on any atom is -0.266 e. The van der Waals surface area contributed by atoms with Crippen LogP contribution in [0.1, 0.15) is 5.56 Å². The van der Waals surface area contributed by atoms with Gasteiger partial charge >= 0.3 is 0 Å². The summed E-state index contributed by atoms with van der Waals surface area (Å²) >= 11 is 3.34. The second-order valence-corrected chi connectivity index (χ2v) is 6.74. The van der Waals surface area contributed by atoms with E-state index in [4.69, 9.17) is 0 Å². The van der Waals surface area contributed by atoms with Crippen molar-refractivity contribution in [2.45, 2.75) is 11.6 Å². The van der Waals surface area contributed by atoms with Gasteiger partial charge in [0.25, 0.3) is 10.0 Å². The maximum Gasteiger partial charge on any atom is 0.260 e. The van der Waals surface area contributed by atoms with Crippen molar-refractivity contribution >= 4 is 26.0 Å². The zero-order valence-electron chi connectivity index (χ0n) is 9.67. The lowest BCUT2D eigenvalue weighted by molar-refractivity contribution is 0.463. The van der Waals surface area contributed by atoms with Crippen molar-refractivity contribution in [3.8, 4) is 0 Å². The van der Waals surface area contributed by atoms with E-state index < -0.39 is 10.0 Å². The number of nitrogens with one attached hydrogen (secondary N) is 1. The maximum atomic E-state index is 12.1. The summed E-state index contributed by atoms with van der Waals surface area (Å²) in [5, 5.41) is 6.22. The van der Waals surface area contributed by atoms with E-state index >= 15 is 0 Å². The molecule has 96 valence electrons. The number of aromatic nitrogens is 2. The molecule has 2 aromatic rings. The predicted octanol–water partition coefficient (Wildman–Crippen LogP) is 1.99. The zero-order valence-corrected chi connectivity index (χ0v) is 12.1. The van der Waals surface area contributed by atoms with Crippen LogP contribution in [-0.4, -0.2) is 30.0 Å². The van der Waals surface area contributed by atoms with Gasteiger partial charge in [-0.25, -0.2) is 8.42 Å². The van der Waals surface area contributed by atoms with Crippen molar-refractivity contribution in [2.75, 3.05) is 7.05 Å². The molecule has 0 fully saturated rings. The van der Waals surface area contributed by atoms with Crippen LogP contribution < -0.4 is 0 Å². The van der Waals surface area contributed by atoms with Gasteiger partial charge in [-0.3, -0.25) is 5.10 Å². The van der Waals surface area contributed by atoms with Gasteiger partial charge in [-0.1, -0.05) is 28.1 Å². The average Bonchev–Trinajstić information content (AvgIpc) is 2.86. The second kappa shape index (κ2) is 5.21. The molecule has 2 rings (SSSR count). The quantitative estimate of drug-likeness (QED) is 0.932. The summed E-state index contributed by atoms with van der Waals surface area (Å²) in [6, 6.07) is 8.96. The Balaban J connectivity index is 2.17. The lowest BCUT2D eigenvalue weighted by Crippen LogP contribution is -2.26. The van der Waals surface area contributed by atoms with Gasteiger partial charge in [-0.05, 0) is 23.8 Å². The van der Waals surface area contributed by atoms with E-state index in [1.807, 2.05) is 24.3 Å². The van der Waals surface area contributed by atoms with E-state index in [1.54, 1.807) is 0 Å². The van der Waals surface area contributed by atoms with E-state index in [2.05, 4.69) is 26.1 Å². The molecule has 0 aliphatic rings. The Kier molecular flexibility index (Phi) is 3.84. The van der Waals surface area contributed by atoms with Crippen molar-refractivity contribution in [3.05, 3.63) is 46.6 Å². The molecule has 1 heterocycles. The third-order valence-electron chi connectivity index (χ3n) is 2.48. The fourth-order valence-electron chi connectivity index (χ4n) is 1.49. The van der Waals surface area contributed by atoms with Gasteiger partial charge in [0.2, 0.25) is 0 Å². The first-order valence-corrected chi connectivity index (χ1v) is 7.43. The van der Waals surface area contributed by atoms with Crippen molar-refractivity contribution in [1.82, 2.24) is 14.5 Å². The summed E-state index contributed by atoms with van der Waals surface area (Å²) in [6.07, 6.45) is 1.42. The van der Waals surface area contributed by atoms with Crippen molar-refractivity contribution < 1.29 is 8.42 Å². The highest BCUT2D eigenvalue weighted by molar-refractivity contribution is 9.10. The Morgan fingerprint density at radius 2 is 1.94 bits per heavy atom. The number of hydrogen-bond donors (Lipinski definition) is 1. The van der Waals surface area contributed by atoms with Crippen LogP contribution in [0.4, 0.5) is 0 Å². The lowest BCUT2D eigenvalue weighted by atomic mass is 10.2. The van der Waals surface area contributed by atoms with Crippen LogP contribution in [0.15, 0.2) is 46.0 Å². The van der Waals surface area contributed by atoms with Gasteiger partial charge in [0, 0.05) is 18.1 Å². The highest BCUT2D eigenvalue weighted by Gasteiger charge is 2.21. The number of H-pyrrole nitrogens is 1. The van der Waals surface area contributed by atoms with Gasteiger partial charge in [0.1, 0.15) is 0 Å². The van der Waals surface area contributed by atoms with Gasteiger partial charge < -0.3 is 0 Å². The Labute approximate surface area is 114 Å². The highest BCUT2D eigenvalue weighted by Crippen LogP contribution is 2.16. The number of aromatic amines is 1. The van der Waals surface area contributed by atoms with Gasteiger partial charge in [-0.15, -0.1) is 0 Å². The van der Waals surface area contributed by atoms with Gasteiger partial charge in [0.05, 0.1) is 6.20 Å². The van der Waals surface area contributed by atoms with Crippen molar-refractivity contribution in [3.63, 3.8) is 0 Å². The molecular formula is C11H12BrN3O2S. The summed E-state index contributed by atoms with van der Waals surface area (Å²) in [6.45, 7) is 0.314. The van der Waals surface area contributed by atoms with E-state index in [0.717, 1.165) is 10.0 Å². The van der Waals surface area contributed by atoms with Crippen LogP contribution in [-0.2, 0) is 16.6 Å². The number of benzene rings is 1. The third kappa shape index (κ3) is 2.80. The monoisotopic (exact) mass is 329 g/mol.